The molecule has 1 fully saturated rings. The fourth-order valence-corrected chi connectivity index (χ4v) is 5.80. The van der Waals surface area contributed by atoms with Gasteiger partial charge in [0, 0.05) is 0 Å². The summed E-state index contributed by atoms with van der Waals surface area (Å²) in [6.45, 7) is 2.29. The van der Waals surface area contributed by atoms with E-state index in [9.17, 15) is 32.4 Å². The molecule has 3 aromatic rings. The van der Waals surface area contributed by atoms with Crippen LogP contribution in [-0.4, -0.2) is 63.4 Å². The van der Waals surface area contributed by atoms with Crippen LogP contribution in [0.4, 0.5) is 27.8 Å². The Morgan fingerprint density at radius 3 is 2.50 bits per heavy atom. The molecule has 0 amide bonds. The number of hydrogen-bond acceptors (Lipinski definition) is 10. The first kappa shape index (κ1) is 33.3. The van der Waals surface area contributed by atoms with Gasteiger partial charge in [0.05, 0.1) is 18.9 Å². The van der Waals surface area contributed by atoms with Crippen LogP contribution >= 0.6 is 7.75 Å². The van der Waals surface area contributed by atoms with E-state index in [4.69, 9.17) is 24.3 Å². The first-order valence-corrected chi connectivity index (χ1v) is 14.5. The zero-order chi connectivity index (χ0) is 32.6. The number of hydrogen-bond donors (Lipinski definition) is 3. The molecule has 4 rings (SSSR count). The predicted octanol–water partition coefficient (Wildman–Crippen LogP) is 3.78. The number of aliphatic hydroxyl groups excluding tert-OH is 1. The van der Waals surface area contributed by atoms with Crippen molar-refractivity contribution in [3.05, 3.63) is 65.0 Å². The highest BCUT2D eigenvalue weighted by molar-refractivity contribution is 7.52. The van der Waals surface area contributed by atoms with Crippen molar-refractivity contribution < 1.29 is 54.9 Å². The molecule has 0 saturated carbocycles. The lowest BCUT2D eigenvalue weighted by Crippen LogP contribution is -2.57. The van der Waals surface area contributed by atoms with Crippen molar-refractivity contribution in [1.82, 2.24) is 14.6 Å². The van der Waals surface area contributed by atoms with Crippen molar-refractivity contribution in [1.29, 1.82) is 0 Å². The fraction of sp³-hybridized carbons (Fsp3) is 0.423. The van der Waals surface area contributed by atoms with Crippen LogP contribution in [0.1, 0.15) is 27.0 Å². The number of halogens is 5. The van der Waals surface area contributed by atoms with E-state index in [-0.39, 0.29) is 16.5 Å². The third kappa shape index (κ3) is 6.42. The summed E-state index contributed by atoms with van der Waals surface area (Å²) in [6.07, 6.45) is -10.3. The predicted molar refractivity (Wildman–Crippen MR) is 145 cm³/mol. The van der Waals surface area contributed by atoms with Crippen molar-refractivity contribution >= 4 is 30.3 Å². The van der Waals surface area contributed by atoms with Gasteiger partial charge in [-0.1, -0.05) is 30.3 Å². The van der Waals surface area contributed by atoms with E-state index in [1.54, 1.807) is 30.3 Å². The van der Waals surface area contributed by atoms with Crippen LogP contribution in [0.5, 0.6) is 5.75 Å². The van der Waals surface area contributed by atoms with Gasteiger partial charge in [-0.05, 0) is 43.7 Å². The van der Waals surface area contributed by atoms with Crippen LogP contribution in [0, 0.1) is 5.82 Å². The molecule has 4 N–H and O–H groups in total. The normalized spacial score (nSPS) is 23.5. The monoisotopic (exact) mass is 650 g/mol. The molecule has 0 radical (unpaired) electrons. The number of aromatic nitrogens is 2. The second-order valence-corrected chi connectivity index (χ2v) is 11.8. The van der Waals surface area contributed by atoms with Crippen molar-refractivity contribution in [2.75, 3.05) is 12.3 Å². The van der Waals surface area contributed by atoms with Gasteiger partial charge in [-0.25, -0.2) is 22.5 Å². The summed E-state index contributed by atoms with van der Waals surface area (Å²) in [5.41, 5.74) is -0.391. The van der Waals surface area contributed by atoms with Crippen LogP contribution in [0.25, 0.3) is 10.8 Å². The van der Waals surface area contributed by atoms with E-state index in [1.165, 1.54) is 32.9 Å². The maximum Gasteiger partial charge on any atom is 0.459 e. The maximum atomic E-state index is 15.5. The number of rotatable bonds is 11. The van der Waals surface area contributed by atoms with Gasteiger partial charge in [0.2, 0.25) is 5.60 Å². The molecule has 44 heavy (non-hydrogen) atoms. The van der Waals surface area contributed by atoms with E-state index in [2.05, 4.69) is 10.1 Å². The number of fused-ring (bicyclic) bond motifs is 1. The number of nitrogens with one attached hydrogen (secondary N) is 1. The van der Waals surface area contributed by atoms with Gasteiger partial charge >= 0.3 is 25.3 Å². The number of nitrogen functional groups attached to an aromatic ring is 1. The lowest BCUT2D eigenvalue weighted by molar-refractivity contribution is -0.242. The molecule has 2 aromatic carbocycles. The average Bonchev–Trinajstić information content (AvgIpc) is 3.14. The lowest BCUT2D eigenvalue weighted by atomic mass is 9.95. The first-order valence-electron chi connectivity index (χ1n) is 13.0. The molecule has 1 saturated heterocycles. The highest BCUT2D eigenvalue weighted by Gasteiger charge is 2.74. The summed E-state index contributed by atoms with van der Waals surface area (Å²) >= 11 is 0. The second kappa shape index (κ2) is 12.4. The summed E-state index contributed by atoms with van der Waals surface area (Å²) in [5.74, 6) is -8.35. The zero-order valence-corrected chi connectivity index (χ0v) is 24.2. The molecule has 18 heteroatoms. The van der Waals surface area contributed by atoms with Crippen molar-refractivity contribution in [3.8, 4) is 5.75 Å². The Hall–Kier alpha value is -3.63. The molecule has 1 aliphatic rings. The molecule has 12 nitrogen and oxygen atoms in total. The maximum absolute atomic E-state index is 15.5. The van der Waals surface area contributed by atoms with Gasteiger partial charge in [-0.3, -0.25) is 13.9 Å². The third-order valence-corrected chi connectivity index (χ3v) is 8.17. The van der Waals surface area contributed by atoms with Crippen LogP contribution in [0.3, 0.4) is 0 Å². The number of aliphatic hydroxyl groups is 1. The minimum Gasteiger partial charge on any atom is -0.462 e. The van der Waals surface area contributed by atoms with E-state index >= 15 is 8.78 Å². The molecular weight excluding hydrogens is 622 g/mol. The number of anilines is 1. The number of esters is 1. The Balaban J connectivity index is 1.70. The molecule has 0 aliphatic carbocycles. The quantitative estimate of drug-likeness (QED) is 0.157. The topological polar surface area (TPSA) is 164 Å². The van der Waals surface area contributed by atoms with Crippen LogP contribution in [-0.2, 0) is 23.4 Å². The Morgan fingerprint density at radius 1 is 1.20 bits per heavy atom. The zero-order valence-electron chi connectivity index (χ0n) is 23.3. The minimum atomic E-state index is -5.04. The van der Waals surface area contributed by atoms with Gasteiger partial charge in [0.25, 0.3) is 6.43 Å². The van der Waals surface area contributed by atoms with E-state index in [1.807, 2.05) is 0 Å². The highest BCUT2D eigenvalue weighted by atomic mass is 31.2. The molecule has 5 atom stereocenters. The molecular formula is C26H28F5N4O8P. The molecule has 2 heterocycles. The van der Waals surface area contributed by atoms with Gasteiger partial charge in [0.15, 0.2) is 24.0 Å². The summed E-state index contributed by atoms with van der Waals surface area (Å²) in [4.78, 5) is 27.7. The van der Waals surface area contributed by atoms with Crippen molar-refractivity contribution in [3.63, 3.8) is 0 Å². The van der Waals surface area contributed by atoms with Gasteiger partial charge in [-0.15, -0.1) is 0 Å². The number of nitrogens with two attached hydrogens (primary N) is 1. The first-order chi connectivity index (χ1) is 20.5. The lowest BCUT2D eigenvalue weighted by Gasteiger charge is -2.34. The van der Waals surface area contributed by atoms with Crippen LogP contribution in [0.2, 0.25) is 0 Å². The van der Waals surface area contributed by atoms with Gasteiger partial charge in [0.1, 0.15) is 11.8 Å². The fourth-order valence-electron chi connectivity index (χ4n) is 4.28. The smallest absolute Gasteiger partial charge is 0.459 e. The Morgan fingerprint density at radius 2 is 1.86 bits per heavy atom. The Bertz CT molecular complexity index is 1640. The molecule has 0 spiro atoms. The molecule has 5 unspecified atom stereocenters. The molecule has 1 aliphatic heterocycles. The average molecular weight is 650 g/mol. The number of carbonyl (C=O) groups excluding carboxylic acids is 1. The van der Waals surface area contributed by atoms with Crippen LogP contribution < -0.4 is 21.0 Å². The number of carbonyl (C=O) groups is 1. The standard InChI is InChI=1S/C26H28F5N4O8P/c1-13(2)41-22(37)14(3)34-44(39,43-17-9-8-15-6-4-5-7-16(15)10-17)40-12-25(23(28)29)26(30,31)19(36)21(42-25)35-11-18(27)20(32)33-24(35)38/h4-11,13-14,19,21,23,36H,12H2,1-3H3,(H,34,39)(H2,32,33,38). The number of ether oxygens (including phenoxy) is 2. The summed E-state index contributed by atoms with van der Waals surface area (Å²) in [5, 5.41) is 13.8. The Kier molecular flexibility index (Phi) is 9.38. The van der Waals surface area contributed by atoms with Gasteiger partial charge in [-0.2, -0.15) is 18.9 Å². The Labute approximate surface area is 246 Å². The van der Waals surface area contributed by atoms with E-state index in [0.717, 1.165) is 5.39 Å². The highest BCUT2D eigenvalue weighted by Crippen LogP contribution is 2.54. The van der Waals surface area contributed by atoms with Crippen molar-refractivity contribution in [2.45, 2.75) is 63.2 Å². The summed E-state index contributed by atoms with van der Waals surface area (Å²) < 4.78 is 108. The third-order valence-electron chi connectivity index (χ3n) is 6.55. The van der Waals surface area contributed by atoms with Crippen LogP contribution in [0.15, 0.2) is 53.5 Å². The van der Waals surface area contributed by atoms with Gasteiger partial charge < -0.3 is 24.8 Å². The molecule has 240 valence electrons. The summed E-state index contributed by atoms with van der Waals surface area (Å²) in [6, 6.07) is 9.65. The SMILES string of the molecule is CC(C)OC(=O)C(C)NP(=O)(OCC1(C(F)F)OC(n2cc(F)c(N)nc2=O)C(O)C1(F)F)Oc1ccc2ccccc2c1. The summed E-state index contributed by atoms with van der Waals surface area (Å²) in [7, 11) is -5.04. The minimum absolute atomic E-state index is 0.0157. The molecule has 0 bridgehead atoms. The number of benzene rings is 2. The second-order valence-electron chi connectivity index (χ2n) is 10.1. The van der Waals surface area contributed by atoms with E-state index in [0.29, 0.717) is 5.39 Å². The number of nitrogens with zero attached hydrogens (tertiary/aromatic N) is 2. The van der Waals surface area contributed by atoms with Crippen molar-refractivity contribution in [2.24, 2.45) is 0 Å². The number of alkyl halides is 4. The molecule has 1 aromatic heterocycles. The van der Waals surface area contributed by atoms with E-state index < -0.39 is 80.1 Å². The largest absolute Gasteiger partial charge is 0.462 e.